The predicted octanol–water partition coefficient (Wildman–Crippen LogP) is 4.12. The van der Waals surface area contributed by atoms with E-state index in [-0.39, 0.29) is 17.6 Å². The van der Waals surface area contributed by atoms with Crippen molar-refractivity contribution >= 4 is 34.8 Å². The van der Waals surface area contributed by atoms with E-state index in [1.807, 2.05) is 54.6 Å². The number of methoxy groups -OCH3 is 1. The first-order chi connectivity index (χ1) is 16.5. The average molecular weight is 475 g/mol. The summed E-state index contributed by atoms with van der Waals surface area (Å²) in [5.74, 6) is 0.368. The maximum atomic E-state index is 13.2. The zero-order valence-electron chi connectivity index (χ0n) is 19.0. The van der Waals surface area contributed by atoms with Crippen LogP contribution in [-0.2, 0) is 16.1 Å². The number of nitrogens with zero attached hydrogens (tertiary/aromatic N) is 3. The Hall–Kier alpha value is -3.57. The minimum absolute atomic E-state index is 0.0800. The van der Waals surface area contributed by atoms with E-state index in [0.29, 0.717) is 30.3 Å². The molecule has 0 bridgehead atoms. The maximum Gasteiger partial charge on any atom is 0.278 e. The Bertz CT molecular complexity index is 1150. The molecule has 2 aliphatic rings. The number of amidine groups is 1. The summed E-state index contributed by atoms with van der Waals surface area (Å²) in [6.45, 7) is 0.356. The lowest BCUT2D eigenvalue weighted by Gasteiger charge is -2.22. The molecule has 0 radical (unpaired) electrons. The molecule has 2 aromatic carbocycles. The first-order valence-corrected chi connectivity index (χ1v) is 12.2. The number of aliphatic imine (C=N–C) groups is 1. The molecule has 8 heteroatoms. The van der Waals surface area contributed by atoms with Gasteiger partial charge in [-0.25, -0.2) is 4.99 Å². The molecule has 1 saturated carbocycles. The maximum absolute atomic E-state index is 13.2. The van der Waals surface area contributed by atoms with E-state index < -0.39 is 5.54 Å². The smallest absolute Gasteiger partial charge is 0.278 e. The number of hydrogen-bond donors (Lipinski definition) is 1. The van der Waals surface area contributed by atoms with Gasteiger partial charge in [-0.2, -0.15) is 5.26 Å². The molecule has 0 aromatic heterocycles. The van der Waals surface area contributed by atoms with Gasteiger partial charge in [0.15, 0.2) is 5.17 Å². The molecule has 0 saturated heterocycles. The predicted molar refractivity (Wildman–Crippen MR) is 133 cm³/mol. The van der Waals surface area contributed by atoms with Crippen molar-refractivity contribution in [1.29, 1.82) is 5.26 Å². The molecular weight excluding hydrogens is 448 g/mol. The van der Waals surface area contributed by atoms with Crippen LogP contribution in [0, 0.1) is 11.3 Å². The van der Waals surface area contributed by atoms with E-state index in [1.165, 1.54) is 11.8 Å². The van der Waals surface area contributed by atoms with Crippen molar-refractivity contribution in [3.8, 4) is 11.8 Å². The molecule has 0 spiro atoms. The third-order valence-corrected chi connectivity index (χ3v) is 6.87. The van der Waals surface area contributed by atoms with Crippen molar-refractivity contribution in [1.82, 2.24) is 10.2 Å². The van der Waals surface area contributed by atoms with Gasteiger partial charge in [0.25, 0.3) is 5.91 Å². The number of benzene rings is 2. The molecule has 2 aromatic rings. The Morgan fingerprint density at radius 2 is 1.91 bits per heavy atom. The fourth-order valence-electron chi connectivity index (χ4n) is 4.08. The molecule has 4 rings (SSSR count). The number of carbonyl (C=O) groups is 2. The standard InChI is InChI=1S/C26H26N4O3S/c1-33-21-11-9-19(10-12-21)15-22-24(32)30(16-20-7-3-2-4-8-20)25(28-22)34-17-23(31)29-26(18-27)13-5-6-14-26/h2-4,7-12,15H,5-6,13-14,16-17H2,1H3,(H,29,31)/b22-15-. The van der Waals surface area contributed by atoms with Gasteiger partial charge < -0.3 is 10.1 Å². The number of rotatable bonds is 7. The zero-order chi connectivity index (χ0) is 24.0. The summed E-state index contributed by atoms with van der Waals surface area (Å²) in [4.78, 5) is 32.0. The van der Waals surface area contributed by atoms with Gasteiger partial charge in [-0.1, -0.05) is 54.2 Å². The Morgan fingerprint density at radius 3 is 2.56 bits per heavy atom. The Labute approximate surface area is 203 Å². The van der Waals surface area contributed by atoms with Crippen molar-refractivity contribution in [2.45, 2.75) is 37.8 Å². The molecule has 1 heterocycles. The van der Waals surface area contributed by atoms with Crippen LogP contribution in [0.5, 0.6) is 5.75 Å². The molecule has 34 heavy (non-hydrogen) atoms. The van der Waals surface area contributed by atoms with Crippen LogP contribution in [0.2, 0.25) is 0 Å². The summed E-state index contributed by atoms with van der Waals surface area (Å²) >= 11 is 1.21. The molecule has 0 unspecified atom stereocenters. The normalized spacial score (nSPS) is 18.0. The van der Waals surface area contributed by atoms with Gasteiger partial charge in [0.05, 0.1) is 25.5 Å². The highest BCUT2D eigenvalue weighted by atomic mass is 32.2. The van der Waals surface area contributed by atoms with Gasteiger partial charge >= 0.3 is 0 Å². The Morgan fingerprint density at radius 1 is 1.21 bits per heavy atom. The summed E-state index contributed by atoms with van der Waals surface area (Å²) in [6, 6.07) is 19.3. The summed E-state index contributed by atoms with van der Waals surface area (Å²) in [5, 5.41) is 12.9. The zero-order valence-corrected chi connectivity index (χ0v) is 19.8. The number of hydrogen-bond acceptors (Lipinski definition) is 6. The molecule has 1 fully saturated rings. The van der Waals surface area contributed by atoms with Gasteiger partial charge in [0.1, 0.15) is 17.0 Å². The van der Waals surface area contributed by atoms with Crippen molar-refractivity contribution < 1.29 is 14.3 Å². The lowest BCUT2D eigenvalue weighted by atomic mass is 10.0. The lowest BCUT2D eigenvalue weighted by molar-refractivity contribution is -0.123. The number of nitriles is 1. The molecule has 1 aliphatic heterocycles. The highest BCUT2D eigenvalue weighted by Gasteiger charge is 2.36. The molecule has 1 N–H and O–H groups in total. The summed E-state index contributed by atoms with van der Waals surface area (Å²) in [6.07, 6.45) is 4.96. The van der Waals surface area contributed by atoms with E-state index >= 15 is 0 Å². The first kappa shape index (κ1) is 23.6. The SMILES string of the molecule is COc1ccc(/C=C2\N=C(SCC(=O)NC3(C#N)CCCC3)N(Cc3ccccc3)C2=O)cc1. The van der Waals surface area contributed by atoms with Crippen LogP contribution in [0.25, 0.3) is 6.08 Å². The van der Waals surface area contributed by atoms with Crippen molar-refractivity contribution in [3.05, 3.63) is 71.4 Å². The van der Waals surface area contributed by atoms with Crippen LogP contribution in [0.15, 0.2) is 65.3 Å². The Kier molecular flexibility index (Phi) is 7.33. The van der Waals surface area contributed by atoms with Crippen molar-refractivity contribution in [3.63, 3.8) is 0 Å². The molecule has 2 amide bonds. The fourth-order valence-corrected chi connectivity index (χ4v) is 4.88. The number of thioether (sulfide) groups is 1. The van der Waals surface area contributed by atoms with Gasteiger partial charge in [-0.3, -0.25) is 14.5 Å². The molecule has 1 aliphatic carbocycles. The van der Waals surface area contributed by atoms with Crippen LogP contribution >= 0.6 is 11.8 Å². The lowest BCUT2D eigenvalue weighted by Crippen LogP contribution is -2.46. The second-order valence-electron chi connectivity index (χ2n) is 8.31. The quantitative estimate of drug-likeness (QED) is 0.609. The minimum Gasteiger partial charge on any atom is -0.497 e. The van der Waals surface area contributed by atoms with E-state index in [9.17, 15) is 14.9 Å². The summed E-state index contributed by atoms with van der Waals surface area (Å²) in [5.41, 5.74) is 1.34. The van der Waals surface area contributed by atoms with Crippen molar-refractivity contribution in [2.75, 3.05) is 12.9 Å². The molecule has 7 nitrogen and oxygen atoms in total. The Balaban J connectivity index is 1.52. The van der Waals surface area contributed by atoms with Gasteiger partial charge in [0, 0.05) is 0 Å². The number of amides is 2. The minimum atomic E-state index is -0.770. The second kappa shape index (κ2) is 10.6. The van der Waals surface area contributed by atoms with Gasteiger partial charge in [0.2, 0.25) is 5.91 Å². The van der Waals surface area contributed by atoms with Crippen LogP contribution in [0.1, 0.15) is 36.8 Å². The monoisotopic (exact) mass is 474 g/mol. The number of nitrogens with one attached hydrogen (secondary N) is 1. The molecular formula is C26H26N4O3S. The second-order valence-corrected chi connectivity index (χ2v) is 9.25. The largest absolute Gasteiger partial charge is 0.497 e. The molecule has 0 atom stereocenters. The number of carbonyl (C=O) groups excluding carboxylic acids is 2. The van der Waals surface area contributed by atoms with Crippen LogP contribution in [-0.4, -0.2) is 40.3 Å². The fraction of sp³-hybridized carbons (Fsp3) is 0.308. The van der Waals surface area contributed by atoms with Gasteiger partial charge in [-0.15, -0.1) is 0 Å². The third kappa shape index (κ3) is 5.49. The molecule has 174 valence electrons. The number of ether oxygens (including phenoxy) is 1. The van der Waals surface area contributed by atoms with Crippen molar-refractivity contribution in [2.24, 2.45) is 4.99 Å². The van der Waals surface area contributed by atoms with E-state index in [2.05, 4.69) is 16.4 Å². The summed E-state index contributed by atoms with van der Waals surface area (Å²) < 4.78 is 5.19. The van der Waals surface area contributed by atoms with E-state index in [1.54, 1.807) is 18.1 Å². The van der Waals surface area contributed by atoms with E-state index in [4.69, 9.17) is 4.74 Å². The first-order valence-electron chi connectivity index (χ1n) is 11.2. The third-order valence-electron chi connectivity index (χ3n) is 5.90. The van der Waals surface area contributed by atoms with Crippen LogP contribution in [0.4, 0.5) is 0 Å². The van der Waals surface area contributed by atoms with Gasteiger partial charge in [-0.05, 0) is 55.0 Å². The summed E-state index contributed by atoms with van der Waals surface area (Å²) in [7, 11) is 1.60. The van der Waals surface area contributed by atoms with Crippen LogP contribution in [0.3, 0.4) is 0 Å². The van der Waals surface area contributed by atoms with E-state index in [0.717, 1.165) is 29.7 Å². The topological polar surface area (TPSA) is 94.8 Å². The van der Waals surface area contributed by atoms with Crippen LogP contribution < -0.4 is 10.1 Å². The highest BCUT2D eigenvalue weighted by molar-refractivity contribution is 8.14. The highest BCUT2D eigenvalue weighted by Crippen LogP contribution is 2.30. The average Bonchev–Trinajstić information content (AvgIpc) is 3.44.